The van der Waals surface area contributed by atoms with E-state index < -0.39 is 50.4 Å². The van der Waals surface area contributed by atoms with Gasteiger partial charge in [0.25, 0.3) is 0 Å². The van der Waals surface area contributed by atoms with Gasteiger partial charge in [0.1, 0.15) is 11.5 Å². The molecule has 3 rings (SSSR count). The Labute approximate surface area is 224 Å². The average molecular weight is 602 g/mol. The van der Waals surface area contributed by atoms with E-state index in [4.69, 9.17) is 23.2 Å². The molecule has 0 spiro atoms. The monoisotopic (exact) mass is 601 g/mol. The van der Waals surface area contributed by atoms with E-state index >= 15 is 0 Å². The molecule has 0 fully saturated rings. The highest BCUT2D eigenvalue weighted by atomic mass is 35.5. The first-order chi connectivity index (χ1) is 17.6. The van der Waals surface area contributed by atoms with Gasteiger partial charge in [-0.05, 0) is 47.4 Å². The summed E-state index contributed by atoms with van der Waals surface area (Å²) < 4.78 is 111. The number of nitrogens with one attached hydrogen (secondary N) is 1. The van der Waals surface area contributed by atoms with Crippen LogP contribution in [0.4, 0.5) is 26.3 Å². The quantitative estimate of drug-likeness (QED) is 0.208. The summed E-state index contributed by atoms with van der Waals surface area (Å²) in [6, 6.07) is 17.8. The van der Waals surface area contributed by atoms with Gasteiger partial charge in [0, 0.05) is 12.0 Å². The summed E-state index contributed by atoms with van der Waals surface area (Å²) in [6.45, 7) is -0.550. The Hall–Kier alpha value is -2.67. The van der Waals surface area contributed by atoms with E-state index in [2.05, 4.69) is 14.2 Å². The predicted octanol–water partition coefficient (Wildman–Crippen LogP) is 6.69. The normalized spacial score (nSPS) is 13.0. The summed E-state index contributed by atoms with van der Waals surface area (Å²) in [4.78, 5) is 0. The Balaban J connectivity index is 2.27. The number of rotatable bonds is 10. The summed E-state index contributed by atoms with van der Waals surface area (Å²) in [5, 5.41) is 0. The lowest BCUT2D eigenvalue weighted by Crippen LogP contribution is -2.44. The molecule has 0 bridgehead atoms. The third-order valence-corrected chi connectivity index (χ3v) is 7.82. The van der Waals surface area contributed by atoms with Crippen molar-refractivity contribution in [2.24, 2.45) is 0 Å². The van der Waals surface area contributed by atoms with Gasteiger partial charge in [-0.1, -0.05) is 77.8 Å². The van der Waals surface area contributed by atoms with Gasteiger partial charge in [-0.15, -0.1) is 26.3 Å². The highest BCUT2D eigenvalue weighted by molar-refractivity contribution is 7.92. The van der Waals surface area contributed by atoms with Crippen molar-refractivity contribution in [1.82, 2.24) is 4.72 Å². The molecule has 0 saturated heterocycles. The van der Waals surface area contributed by atoms with Crippen LogP contribution in [0, 0.1) is 0 Å². The molecule has 0 aliphatic carbocycles. The first kappa shape index (κ1) is 29.9. The Morgan fingerprint density at radius 2 is 1.21 bits per heavy atom. The molecule has 0 aromatic heterocycles. The van der Waals surface area contributed by atoms with Crippen LogP contribution >= 0.6 is 23.2 Å². The summed E-state index contributed by atoms with van der Waals surface area (Å²) in [6.07, 6.45) is -10.1. The highest BCUT2D eigenvalue weighted by Gasteiger charge is 2.39. The molecule has 3 aromatic rings. The zero-order chi connectivity index (χ0) is 28.2. The molecule has 3 aromatic carbocycles. The van der Waals surface area contributed by atoms with Crippen LogP contribution in [0.25, 0.3) is 0 Å². The number of benzene rings is 3. The molecule has 0 unspecified atom stereocenters. The van der Waals surface area contributed by atoms with E-state index in [-0.39, 0.29) is 17.5 Å². The van der Waals surface area contributed by atoms with Crippen molar-refractivity contribution in [3.8, 4) is 11.5 Å². The highest BCUT2D eigenvalue weighted by Crippen LogP contribution is 2.40. The molecule has 0 radical (unpaired) electrons. The van der Waals surface area contributed by atoms with Crippen molar-refractivity contribution >= 4 is 33.2 Å². The van der Waals surface area contributed by atoms with Crippen molar-refractivity contribution in [3.05, 3.63) is 95.6 Å². The third kappa shape index (κ3) is 8.16. The van der Waals surface area contributed by atoms with Crippen LogP contribution in [0.3, 0.4) is 0 Å². The molecule has 206 valence electrons. The van der Waals surface area contributed by atoms with E-state index in [0.717, 1.165) is 24.3 Å². The molecule has 0 saturated carbocycles. The molecule has 0 aliphatic heterocycles. The zero-order valence-electron chi connectivity index (χ0n) is 19.1. The SMILES string of the molecule is O=S(=O)(NCC(Cc1ccccc1)(c1cccc(OC(F)(F)F)c1)c1cccc(OC(F)(F)F)c1)C(Cl)Cl. The summed E-state index contributed by atoms with van der Waals surface area (Å²) in [5.74, 6) is -1.24. The molecule has 14 heteroatoms. The molecule has 0 heterocycles. The summed E-state index contributed by atoms with van der Waals surface area (Å²) in [7, 11) is -4.36. The van der Waals surface area contributed by atoms with Crippen molar-refractivity contribution in [1.29, 1.82) is 0 Å². The molecule has 0 atom stereocenters. The number of alkyl halides is 8. The minimum absolute atomic E-state index is 0.0729. The van der Waals surface area contributed by atoms with Gasteiger partial charge in [0.15, 0.2) is 0 Å². The Bertz CT molecular complexity index is 1280. The van der Waals surface area contributed by atoms with E-state index in [1.165, 1.54) is 24.3 Å². The Kier molecular flexibility index (Phi) is 9.12. The maximum absolute atomic E-state index is 13.0. The van der Waals surface area contributed by atoms with E-state index in [1.54, 1.807) is 30.3 Å². The van der Waals surface area contributed by atoms with Gasteiger partial charge in [0.05, 0.1) is 0 Å². The van der Waals surface area contributed by atoms with Gasteiger partial charge >= 0.3 is 12.7 Å². The maximum Gasteiger partial charge on any atom is 0.573 e. The fraction of sp³-hybridized carbons (Fsp3) is 0.250. The number of hydrogen-bond donors (Lipinski definition) is 1. The fourth-order valence-corrected chi connectivity index (χ4v) is 4.80. The smallest absolute Gasteiger partial charge is 0.406 e. The molecular formula is C24H19Cl2F6NO4S. The largest absolute Gasteiger partial charge is 0.573 e. The number of halogens is 8. The maximum atomic E-state index is 13.0. The van der Waals surface area contributed by atoms with Crippen LogP contribution in [0.15, 0.2) is 78.9 Å². The van der Waals surface area contributed by atoms with Crippen LogP contribution in [-0.4, -0.2) is 31.9 Å². The number of hydrogen-bond acceptors (Lipinski definition) is 4. The van der Waals surface area contributed by atoms with Gasteiger partial charge in [-0.2, -0.15) is 0 Å². The van der Waals surface area contributed by atoms with E-state index in [9.17, 15) is 34.8 Å². The third-order valence-electron chi connectivity index (χ3n) is 5.40. The van der Waals surface area contributed by atoms with E-state index in [1.807, 2.05) is 0 Å². The van der Waals surface area contributed by atoms with Crippen molar-refractivity contribution in [2.75, 3.05) is 6.54 Å². The molecule has 5 nitrogen and oxygen atoms in total. The fourth-order valence-electron chi connectivity index (χ4n) is 3.85. The second-order valence-electron chi connectivity index (χ2n) is 8.02. The Morgan fingerprint density at radius 3 is 1.63 bits per heavy atom. The lowest BCUT2D eigenvalue weighted by molar-refractivity contribution is -0.275. The number of sulfonamides is 1. The van der Waals surface area contributed by atoms with Crippen LogP contribution < -0.4 is 14.2 Å². The van der Waals surface area contributed by atoms with Crippen LogP contribution in [0.5, 0.6) is 11.5 Å². The molecule has 38 heavy (non-hydrogen) atoms. The van der Waals surface area contributed by atoms with Crippen LogP contribution in [-0.2, 0) is 21.9 Å². The molecule has 1 N–H and O–H groups in total. The standard InChI is InChI=1S/C24H19Cl2F6NO4S/c25-21(26)38(34,35)33-15-22(14-16-6-2-1-3-7-16,17-8-4-10-19(12-17)36-23(27,28)29)18-9-5-11-20(13-18)37-24(30,31)32/h1-13,21,33H,14-15H2. The lowest BCUT2D eigenvalue weighted by Gasteiger charge is -2.36. The van der Waals surface area contributed by atoms with Crippen LogP contribution in [0.2, 0.25) is 0 Å². The molecular weight excluding hydrogens is 583 g/mol. The molecule has 0 amide bonds. The summed E-state index contributed by atoms with van der Waals surface area (Å²) >= 11 is 11.1. The van der Waals surface area contributed by atoms with Crippen molar-refractivity contribution < 1.29 is 44.2 Å². The second-order valence-corrected chi connectivity index (χ2v) is 11.5. The lowest BCUT2D eigenvalue weighted by atomic mass is 9.70. The Morgan fingerprint density at radius 1 is 0.737 bits per heavy atom. The topological polar surface area (TPSA) is 64.6 Å². The summed E-state index contributed by atoms with van der Waals surface area (Å²) in [5.41, 5.74) is -0.817. The van der Waals surface area contributed by atoms with Gasteiger partial charge in [-0.25, -0.2) is 13.1 Å². The number of ether oxygens (including phenoxy) is 2. The molecule has 0 aliphatic rings. The van der Waals surface area contributed by atoms with Gasteiger partial charge in [0.2, 0.25) is 14.2 Å². The average Bonchev–Trinajstić information content (AvgIpc) is 2.80. The van der Waals surface area contributed by atoms with Crippen molar-refractivity contribution in [2.45, 2.75) is 28.7 Å². The minimum Gasteiger partial charge on any atom is -0.406 e. The zero-order valence-corrected chi connectivity index (χ0v) is 21.4. The second kappa shape index (κ2) is 11.6. The van der Waals surface area contributed by atoms with Gasteiger partial charge in [-0.3, -0.25) is 0 Å². The first-order valence-corrected chi connectivity index (χ1v) is 13.0. The van der Waals surface area contributed by atoms with E-state index in [0.29, 0.717) is 5.56 Å². The van der Waals surface area contributed by atoms with Crippen molar-refractivity contribution in [3.63, 3.8) is 0 Å². The van der Waals surface area contributed by atoms with Crippen LogP contribution in [0.1, 0.15) is 16.7 Å². The predicted molar refractivity (Wildman–Crippen MR) is 130 cm³/mol. The minimum atomic E-state index is -5.03. The first-order valence-electron chi connectivity index (χ1n) is 10.6. The van der Waals surface area contributed by atoms with Gasteiger partial charge < -0.3 is 9.47 Å².